The van der Waals surface area contributed by atoms with Gasteiger partial charge in [0.25, 0.3) is 0 Å². The fraction of sp³-hybridized carbons (Fsp3) is 0.455. The first-order valence-corrected chi connectivity index (χ1v) is 5.01. The zero-order valence-electron chi connectivity index (χ0n) is 8.96. The Hall–Kier alpha value is -0.940. The summed E-state index contributed by atoms with van der Waals surface area (Å²) in [5.74, 6) is 0.646. The number of hydrogen-bond donors (Lipinski definition) is 1. The van der Waals surface area contributed by atoms with Crippen LogP contribution in [0.3, 0.4) is 0 Å². The van der Waals surface area contributed by atoms with E-state index >= 15 is 0 Å². The largest absolute Gasteiger partial charge is 0.492 e. The van der Waals surface area contributed by atoms with Gasteiger partial charge in [-0.2, -0.15) is 13.2 Å². The van der Waals surface area contributed by atoms with Gasteiger partial charge in [-0.1, -0.05) is 12.1 Å². The Morgan fingerprint density at radius 2 is 2.06 bits per heavy atom. The van der Waals surface area contributed by atoms with E-state index < -0.39 is 12.6 Å². The summed E-state index contributed by atoms with van der Waals surface area (Å²) in [6, 6.07) is 4.43. The third kappa shape index (κ3) is 3.78. The molecule has 1 aromatic rings. The predicted octanol–water partition coefficient (Wildman–Crippen LogP) is 2.48. The SMILES string of the molecule is Cl.NC1COc2ccc(CC(F)(F)F)cc2C1. The van der Waals surface area contributed by atoms with Gasteiger partial charge in [0.15, 0.2) is 0 Å². The van der Waals surface area contributed by atoms with Crippen LogP contribution in [0, 0.1) is 0 Å². The molecule has 96 valence electrons. The summed E-state index contributed by atoms with van der Waals surface area (Å²) in [7, 11) is 0. The van der Waals surface area contributed by atoms with E-state index in [1.54, 1.807) is 6.07 Å². The molecule has 0 aliphatic carbocycles. The van der Waals surface area contributed by atoms with E-state index in [4.69, 9.17) is 10.5 Å². The van der Waals surface area contributed by atoms with Crippen LogP contribution in [0.15, 0.2) is 18.2 Å². The van der Waals surface area contributed by atoms with Crippen LogP contribution in [-0.2, 0) is 12.8 Å². The average Bonchev–Trinajstić information content (AvgIpc) is 2.14. The van der Waals surface area contributed by atoms with Crippen LogP contribution < -0.4 is 10.5 Å². The second kappa shape index (κ2) is 5.14. The van der Waals surface area contributed by atoms with E-state index in [1.165, 1.54) is 12.1 Å². The maximum atomic E-state index is 12.2. The Morgan fingerprint density at radius 1 is 1.35 bits per heavy atom. The molecule has 0 saturated heterocycles. The normalized spacial score (nSPS) is 18.9. The third-order valence-electron chi connectivity index (χ3n) is 2.46. The van der Waals surface area contributed by atoms with Crippen LogP contribution >= 0.6 is 12.4 Å². The lowest BCUT2D eigenvalue weighted by Crippen LogP contribution is -2.33. The Balaban J connectivity index is 0.00000144. The van der Waals surface area contributed by atoms with Crippen LogP contribution in [-0.4, -0.2) is 18.8 Å². The summed E-state index contributed by atoms with van der Waals surface area (Å²) in [6.07, 6.45) is -4.51. The minimum Gasteiger partial charge on any atom is -0.492 e. The van der Waals surface area contributed by atoms with E-state index in [0.29, 0.717) is 18.8 Å². The van der Waals surface area contributed by atoms with Crippen molar-refractivity contribution in [2.45, 2.75) is 25.1 Å². The molecule has 1 aliphatic heterocycles. The Bertz CT molecular complexity index is 395. The number of halogens is 4. The van der Waals surface area contributed by atoms with Crippen LogP contribution in [0.1, 0.15) is 11.1 Å². The Morgan fingerprint density at radius 3 is 2.71 bits per heavy atom. The topological polar surface area (TPSA) is 35.2 Å². The number of nitrogens with two attached hydrogens (primary N) is 1. The molecular weight excluding hydrogens is 255 g/mol. The quantitative estimate of drug-likeness (QED) is 0.848. The fourth-order valence-corrected chi connectivity index (χ4v) is 1.81. The van der Waals surface area contributed by atoms with Crippen LogP contribution in [0.5, 0.6) is 5.75 Å². The molecule has 1 heterocycles. The number of ether oxygens (including phenoxy) is 1. The van der Waals surface area contributed by atoms with Crippen molar-refractivity contribution in [3.05, 3.63) is 29.3 Å². The molecule has 17 heavy (non-hydrogen) atoms. The molecule has 2 nitrogen and oxygen atoms in total. The van der Waals surface area contributed by atoms with Gasteiger partial charge in [-0.15, -0.1) is 12.4 Å². The van der Waals surface area contributed by atoms with Crippen LogP contribution in [0.2, 0.25) is 0 Å². The number of hydrogen-bond acceptors (Lipinski definition) is 2. The maximum absolute atomic E-state index is 12.2. The molecule has 0 bridgehead atoms. The van der Waals surface area contributed by atoms with Gasteiger partial charge in [-0.25, -0.2) is 0 Å². The van der Waals surface area contributed by atoms with Gasteiger partial charge in [0.05, 0.1) is 6.42 Å². The van der Waals surface area contributed by atoms with Gasteiger partial charge in [-0.05, 0) is 23.6 Å². The van der Waals surface area contributed by atoms with Gasteiger partial charge in [0.1, 0.15) is 12.4 Å². The summed E-state index contributed by atoms with van der Waals surface area (Å²) in [5, 5.41) is 0. The standard InChI is InChI=1S/C11H12F3NO.ClH/c12-11(13,14)5-7-1-2-10-8(3-7)4-9(15)6-16-10;/h1-3,9H,4-6,15H2;1H. The summed E-state index contributed by atoms with van der Waals surface area (Å²) in [5.41, 5.74) is 6.70. The van der Waals surface area contributed by atoms with Gasteiger partial charge >= 0.3 is 6.18 Å². The fourth-order valence-electron chi connectivity index (χ4n) is 1.81. The maximum Gasteiger partial charge on any atom is 0.393 e. The van der Waals surface area contributed by atoms with Crippen molar-refractivity contribution >= 4 is 12.4 Å². The van der Waals surface area contributed by atoms with Gasteiger partial charge in [0.2, 0.25) is 0 Å². The molecule has 0 fully saturated rings. The van der Waals surface area contributed by atoms with Gasteiger partial charge in [-0.3, -0.25) is 0 Å². The lowest BCUT2D eigenvalue weighted by molar-refractivity contribution is -0.127. The highest BCUT2D eigenvalue weighted by Crippen LogP contribution is 2.28. The molecule has 6 heteroatoms. The molecule has 1 aliphatic rings. The van der Waals surface area contributed by atoms with Gasteiger partial charge < -0.3 is 10.5 Å². The molecule has 2 rings (SSSR count). The van der Waals surface area contributed by atoms with Crippen molar-refractivity contribution in [3.8, 4) is 5.75 Å². The highest BCUT2D eigenvalue weighted by atomic mass is 35.5. The zero-order valence-corrected chi connectivity index (χ0v) is 9.77. The molecule has 0 saturated carbocycles. The van der Waals surface area contributed by atoms with E-state index in [9.17, 15) is 13.2 Å². The first kappa shape index (κ1) is 14.1. The molecular formula is C11H13ClF3NO. The smallest absolute Gasteiger partial charge is 0.393 e. The van der Waals surface area contributed by atoms with Crippen molar-refractivity contribution in [2.75, 3.05) is 6.61 Å². The van der Waals surface area contributed by atoms with Crippen molar-refractivity contribution in [3.63, 3.8) is 0 Å². The minimum atomic E-state index is -4.17. The van der Waals surface area contributed by atoms with Crippen LogP contribution in [0.4, 0.5) is 13.2 Å². The van der Waals surface area contributed by atoms with Crippen molar-refractivity contribution in [1.29, 1.82) is 0 Å². The third-order valence-corrected chi connectivity index (χ3v) is 2.46. The second-order valence-electron chi connectivity index (χ2n) is 4.01. The zero-order chi connectivity index (χ0) is 11.8. The summed E-state index contributed by atoms with van der Waals surface area (Å²) in [6.45, 7) is 0.422. The highest BCUT2D eigenvalue weighted by Gasteiger charge is 2.28. The summed E-state index contributed by atoms with van der Waals surface area (Å²) >= 11 is 0. The van der Waals surface area contributed by atoms with Crippen molar-refractivity contribution in [1.82, 2.24) is 0 Å². The van der Waals surface area contributed by atoms with Crippen molar-refractivity contribution in [2.24, 2.45) is 5.73 Å². The number of fused-ring (bicyclic) bond motifs is 1. The molecule has 2 N–H and O–H groups in total. The molecule has 0 amide bonds. The number of rotatable bonds is 1. The molecule has 0 spiro atoms. The van der Waals surface area contributed by atoms with Crippen LogP contribution in [0.25, 0.3) is 0 Å². The van der Waals surface area contributed by atoms with Crippen molar-refractivity contribution < 1.29 is 17.9 Å². The monoisotopic (exact) mass is 267 g/mol. The van der Waals surface area contributed by atoms with E-state index in [0.717, 1.165) is 5.56 Å². The molecule has 0 radical (unpaired) electrons. The predicted molar refractivity (Wildman–Crippen MR) is 60.6 cm³/mol. The van der Waals surface area contributed by atoms with Gasteiger partial charge in [0, 0.05) is 6.04 Å². The Labute approximate surface area is 103 Å². The average molecular weight is 268 g/mol. The second-order valence-corrected chi connectivity index (χ2v) is 4.01. The van der Waals surface area contributed by atoms with E-state index in [1.807, 2.05) is 0 Å². The molecule has 1 atom stereocenters. The lowest BCUT2D eigenvalue weighted by Gasteiger charge is -2.23. The Kier molecular flexibility index (Phi) is 4.27. The van der Waals surface area contributed by atoms with E-state index in [-0.39, 0.29) is 24.0 Å². The summed E-state index contributed by atoms with van der Waals surface area (Å²) in [4.78, 5) is 0. The minimum absolute atomic E-state index is 0. The molecule has 1 unspecified atom stereocenters. The first-order chi connectivity index (χ1) is 7.44. The number of alkyl halides is 3. The molecule has 1 aromatic carbocycles. The van der Waals surface area contributed by atoms with E-state index in [2.05, 4.69) is 0 Å². The number of benzene rings is 1. The summed E-state index contributed by atoms with van der Waals surface area (Å²) < 4.78 is 41.9. The first-order valence-electron chi connectivity index (χ1n) is 5.01. The lowest BCUT2D eigenvalue weighted by atomic mass is 9.99. The molecule has 0 aromatic heterocycles. The highest BCUT2D eigenvalue weighted by molar-refractivity contribution is 5.85.